The summed E-state index contributed by atoms with van der Waals surface area (Å²) in [5.74, 6) is -0.721. The van der Waals surface area contributed by atoms with E-state index in [4.69, 9.17) is 9.84 Å². The normalized spacial score (nSPS) is 22.8. The van der Waals surface area contributed by atoms with Crippen molar-refractivity contribution in [3.63, 3.8) is 0 Å². The molecule has 0 saturated carbocycles. The zero-order valence-corrected chi connectivity index (χ0v) is 12.8. The lowest BCUT2D eigenvalue weighted by Crippen LogP contribution is -2.36. The second kappa shape index (κ2) is 7.62. The number of nitrogens with one attached hydrogen (secondary N) is 1. The summed E-state index contributed by atoms with van der Waals surface area (Å²) in [4.78, 5) is 22.7. The van der Waals surface area contributed by atoms with Crippen LogP contribution >= 0.6 is 0 Å². The van der Waals surface area contributed by atoms with E-state index in [1.165, 1.54) is 0 Å². The van der Waals surface area contributed by atoms with Gasteiger partial charge in [0.1, 0.15) is 0 Å². The Morgan fingerprint density at radius 1 is 1.35 bits per heavy atom. The summed E-state index contributed by atoms with van der Waals surface area (Å²) >= 11 is 0. The summed E-state index contributed by atoms with van der Waals surface area (Å²) < 4.78 is 5.52. The molecule has 20 heavy (non-hydrogen) atoms. The molecule has 1 saturated heterocycles. The molecule has 5 heteroatoms. The van der Waals surface area contributed by atoms with Gasteiger partial charge in [-0.2, -0.15) is 0 Å². The molecular formula is C15H27NO4. The molecule has 1 rings (SSSR count). The van der Waals surface area contributed by atoms with Crippen LogP contribution in [0.3, 0.4) is 0 Å². The van der Waals surface area contributed by atoms with Crippen LogP contribution in [0.25, 0.3) is 0 Å². The molecular weight excluding hydrogens is 258 g/mol. The standard InChI is InChI=1S/C15H27NO4/c1-4-12-11(6-10-20-12)14(19)16-9-8-15(2,3)7-5-13(17)18/h11-12H,4-10H2,1-3H3,(H,16,19)(H,17,18). The molecule has 2 atom stereocenters. The molecule has 1 amide bonds. The number of rotatable bonds is 8. The van der Waals surface area contributed by atoms with Gasteiger partial charge in [-0.15, -0.1) is 0 Å². The van der Waals surface area contributed by atoms with Gasteiger partial charge in [-0.1, -0.05) is 20.8 Å². The summed E-state index contributed by atoms with van der Waals surface area (Å²) in [5.41, 5.74) is -0.0675. The molecule has 0 aromatic carbocycles. The van der Waals surface area contributed by atoms with Gasteiger partial charge in [0.15, 0.2) is 0 Å². The van der Waals surface area contributed by atoms with Gasteiger partial charge in [-0.05, 0) is 31.1 Å². The summed E-state index contributed by atoms with van der Waals surface area (Å²) in [6.07, 6.45) is 3.30. The fourth-order valence-electron chi connectivity index (χ4n) is 2.58. The van der Waals surface area contributed by atoms with Crippen molar-refractivity contribution >= 4 is 11.9 Å². The van der Waals surface area contributed by atoms with Crippen LogP contribution in [0.1, 0.15) is 52.9 Å². The molecule has 0 aromatic heterocycles. The third-order valence-corrected chi connectivity index (χ3v) is 4.07. The highest BCUT2D eigenvalue weighted by molar-refractivity contribution is 5.79. The van der Waals surface area contributed by atoms with Gasteiger partial charge in [0.05, 0.1) is 12.0 Å². The molecule has 2 unspecified atom stereocenters. The van der Waals surface area contributed by atoms with E-state index in [-0.39, 0.29) is 29.8 Å². The minimum atomic E-state index is -0.768. The lowest BCUT2D eigenvalue weighted by molar-refractivity contribution is -0.137. The average Bonchev–Trinajstić information content (AvgIpc) is 2.84. The fourth-order valence-corrected chi connectivity index (χ4v) is 2.58. The maximum Gasteiger partial charge on any atom is 0.303 e. The number of carbonyl (C=O) groups excluding carboxylic acids is 1. The SMILES string of the molecule is CCC1OCCC1C(=O)NCCC(C)(C)CCC(=O)O. The Morgan fingerprint density at radius 2 is 2.05 bits per heavy atom. The topological polar surface area (TPSA) is 75.6 Å². The van der Waals surface area contributed by atoms with Crippen LogP contribution < -0.4 is 5.32 Å². The predicted molar refractivity (Wildman–Crippen MR) is 76.4 cm³/mol. The number of carboxylic acids is 1. The Kier molecular flexibility index (Phi) is 6.46. The second-order valence-corrected chi connectivity index (χ2v) is 6.31. The van der Waals surface area contributed by atoms with Crippen molar-refractivity contribution in [3.8, 4) is 0 Å². The molecule has 1 aliphatic rings. The quantitative estimate of drug-likeness (QED) is 0.717. The van der Waals surface area contributed by atoms with Gasteiger partial charge in [-0.25, -0.2) is 0 Å². The Morgan fingerprint density at radius 3 is 2.65 bits per heavy atom. The van der Waals surface area contributed by atoms with E-state index in [0.717, 1.165) is 19.3 Å². The second-order valence-electron chi connectivity index (χ2n) is 6.31. The van der Waals surface area contributed by atoms with Crippen LogP contribution in [0.2, 0.25) is 0 Å². The molecule has 116 valence electrons. The molecule has 0 aromatic rings. The predicted octanol–water partition coefficient (Wildman–Crippen LogP) is 2.20. The van der Waals surface area contributed by atoms with Crippen molar-refractivity contribution < 1.29 is 19.4 Å². The summed E-state index contributed by atoms with van der Waals surface area (Å²) in [6, 6.07) is 0. The molecule has 1 fully saturated rings. The molecule has 0 aliphatic carbocycles. The Balaban J connectivity index is 2.29. The third kappa shape index (κ3) is 5.49. The molecule has 0 bridgehead atoms. The first-order valence-corrected chi connectivity index (χ1v) is 7.47. The van der Waals surface area contributed by atoms with Crippen molar-refractivity contribution in [3.05, 3.63) is 0 Å². The van der Waals surface area contributed by atoms with Crippen molar-refractivity contribution in [2.75, 3.05) is 13.2 Å². The smallest absolute Gasteiger partial charge is 0.303 e. The first-order chi connectivity index (χ1) is 9.35. The molecule has 0 spiro atoms. The van der Waals surface area contributed by atoms with Crippen molar-refractivity contribution in [2.24, 2.45) is 11.3 Å². The third-order valence-electron chi connectivity index (χ3n) is 4.07. The van der Waals surface area contributed by atoms with E-state index >= 15 is 0 Å². The van der Waals surface area contributed by atoms with E-state index in [9.17, 15) is 9.59 Å². The van der Waals surface area contributed by atoms with Crippen molar-refractivity contribution in [2.45, 2.75) is 59.0 Å². The average molecular weight is 285 g/mol. The molecule has 1 aliphatic heterocycles. The summed E-state index contributed by atoms with van der Waals surface area (Å²) in [5, 5.41) is 11.7. The van der Waals surface area contributed by atoms with Gasteiger partial charge in [0, 0.05) is 19.6 Å². The Bertz CT molecular complexity index is 341. The number of carbonyl (C=O) groups is 2. The van der Waals surface area contributed by atoms with Crippen molar-refractivity contribution in [1.82, 2.24) is 5.32 Å². The van der Waals surface area contributed by atoms with Crippen LogP contribution in [0.4, 0.5) is 0 Å². The summed E-state index contributed by atoms with van der Waals surface area (Å²) in [7, 11) is 0. The van der Waals surface area contributed by atoms with E-state index in [1.54, 1.807) is 0 Å². The number of hydrogen-bond acceptors (Lipinski definition) is 3. The van der Waals surface area contributed by atoms with E-state index in [2.05, 4.69) is 5.32 Å². The van der Waals surface area contributed by atoms with Gasteiger partial charge in [-0.3, -0.25) is 9.59 Å². The van der Waals surface area contributed by atoms with Crippen LogP contribution in [-0.2, 0) is 14.3 Å². The zero-order chi connectivity index (χ0) is 15.2. The minimum absolute atomic E-state index is 0.0258. The van der Waals surface area contributed by atoms with Crippen LogP contribution in [0.15, 0.2) is 0 Å². The Labute approximate surface area is 121 Å². The van der Waals surface area contributed by atoms with Gasteiger partial charge < -0.3 is 15.2 Å². The van der Waals surface area contributed by atoms with Crippen molar-refractivity contribution in [1.29, 1.82) is 0 Å². The van der Waals surface area contributed by atoms with Crippen LogP contribution in [0, 0.1) is 11.3 Å². The Hall–Kier alpha value is -1.10. The van der Waals surface area contributed by atoms with E-state index < -0.39 is 5.97 Å². The van der Waals surface area contributed by atoms with Gasteiger partial charge in [0.25, 0.3) is 0 Å². The maximum atomic E-state index is 12.1. The fraction of sp³-hybridized carbons (Fsp3) is 0.867. The highest BCUT2D eigenvalue weighted by Crippen LogP contribution is 2.27. The first kappa shape index (κ1) is 17.0. The zero-order valence-electron chi connectivity index (χ0n) is 12.8. The highest BCUT2D eigenvalue weighted by Gasteiger charge is 2.32. The molecule has 0 radical (unpaired) electrons. The maximum absolute atomic E-state index is 12.1. The largest absolute Gasteiger partial charge is 0.481 e. The number of ether oxygens (including phenoxy) is 1. The van der Waals surface area contributed by atoms with E-state index in [1.807, 2.05) is 20.8 Å². The number of aliphatic carboxylic acids is 1. The molecule has 5 nitrogen and oxygen atoms in total. The molecule has 1 heterocycles. The number of hydrogen-bond donors (Lipinski definition) is 2. The van der Waals surface area contributed by atoms with Gasteiger partial charge in [0.2, 0.25) is 5.91 Å². The van der Waals surface area contributed by atoms with Crippen LogP contribution in [0.5, 0.6) is 0 Å². The van der Waals surface area contributed by atoms with Gasteiger partial charge >= 0.3 is 5.97 Å². The van der Waals surface area contributed by atoms with Crippen LogP contribution in [-0.4, -0.2) is 36.2 Å². The first-order valence-electron chi connectivity index (χ1n) is 7.47. The summed E-state index contributed by atoms with van der Waals surface area (Å²) in [6.45, 7) is 7.37. The number of carboxylic acid groups (broad SMARTS) is 1. The monoisotopic (exact) mass is 285 g/mol. The lowest BCUT2D eigenvalue weighted by Gasteiger charge is -2.24. The minimum Gasteiger partial charge on any atom is -0.481 e. The molecule has 2 N–H and O–H groups in total. The van der Waals surface area contributed by atoms with E-state index in [0.29, 0.717) is 19.6 Å². The highest BCUT2D eigenvalue weighted by atomic mass is 16.5. The number of amides is 1. The lowest BCUT2D eigenvalue weighted by atomic mass is 9.84.